The van der Waals surface area contributed by atoms with E-state index in [0.29, 0.717) is 16.8 Å². The number of nitrogens with one attached hydrogen (secondary N) is 2. The number of carbonyl (C=O) groups excluding carboxylic acids is 1. The Kier molecular flexibility index (Phi) is 5.84. The fourth-order valence-corrected chi connectivity index (χ4v) is 3.86. The molecule has 0 saturated heterocycles. The first kappa shape index (κ1) is 21.0. The Morgan fingerprint density at radius 3 is 2.27 bits per heavy atom. The maximum Gasteiger partial charge on any atom is 0.273 e. The van der Waals surface area contributed by atoms with Gasteiger partial charge in [0, 0.05) is 28.6 Å². The van der Waals surface area contributed by atoms with Crippen molar-refractivity contribution in [3.8, 4) is 0 Å². The lowest BCUT2D eigenvalue weighted by Gasteiger charge is -2.10. The Labute approximate surface area is 173 Å². The highest BCUT2D eigenvalue weighted by Gasteiger charge is 2.20. The fraction of sp³-hybridized carbons (Fsp3) is 0.0952. The summed E-state index contributed by atoms with van der Waals surface area (Å²) in [5, 5.41) is 13.8. The van der Waals surface area contributed by atoms with Crippen LogP contribution in [0.1, 0.15) is 21.5 Å². The van der Waals surface area contributed by atoms with E-state index in [1.165, 1.54) is 43.3 Å². The minimum Gasteiger partial charge on any atom is -0.322 e. The van der Waals surface area contributed by atoms with E-state index >= 15 is 0 Å². The Hall–Kier alpha value is -3.72. The van der Waals surface area contributed by atoms with Gasteiger partial charge in [0.05, 0.1) is 9.82 Å². The molecule has 8 nitrogen and oxygen atoms in total. The van der Waals surface area contributed by atoms with Gasteiger partial charge in [0.2, 0.25) is 0 Å². The van der Waals surface area contributed by atoms with Crippen LogP contribution >= 0.6 is 0 Å². The van der Waals surface area contributed by atoms with Crippen LogP contribution in [0, 0.1) is 24.0 Å². The first-order chi connectivity index (χ1) is 14.2. The number of aryl methyl sites for hydroxylation is 2. The second-order valence-corrected chi connectivity index (χ2v) is 8.39. The Balaban J connectivity index is 1.75. The molecule has 3 rings (SSSR count). The quantitative estimate of drug-likeness (QED) is 0.452. The third kappa shape index (κ3) is 4.81. The number of anilines is 2. The van der Waals surface area contributed by atoms with E-state index in [4.69, 9.17) is 0 Å². The highest BCUT2D eigenvalue weighted by Crippen LogP contribution is 2.24. The van der Waals surface area contributed by atoms with Gasteiger partial charge in [-0.1, -0.05) is 18.2 Å². The molecule has 0 fully saturated rings. The maximum atomic E-state index is 12.6. The number of sulfonamides is 1. The van der Waals surface area contributed by atoms with E-state index in [1.54, 1.807) is 6.07 Å². The van der Waals surface area contributed by atoms with Crippen molar-refractivity contribution < 1.29 is 18.1 Å². The van der Waals surface area contributed by atoms with Crippen LogP contribution < -0.4 is 10.0 Å². The van der Waals surface area contributed by atoms with E-state index in [0.717, 1.165) is 11.6 Å². The number of hydrogen-bond donors (Lipinski definition) is 2. The highest BCUT2D eigenvalue weighted by atomic mass is 32.2. The molecule has 0 aliphatic carbocycles. The molecular formula is C21H19N3O5S. The molecule has 1 amide bonds. The van der Waals surface area contributed by atoms with Crippen molar-refractivity contribution in [2.45, 2.75) is 18.7 Å². The molecule has 3 aromatic carbocycles. The van der Waals surface area contributed by atoms with E-state index in [9.17, 15) is 23.3 Å². The number of rotatable bonds is 6. The molecule has 0 heterocycles. The second kappa shape index (κ2) is 8.34. The van der Waals surface area contributed by atoms with Crippen molar-refractivity contribution in [3.05, 3.63) is 93.5 Å². The van der Waals surface area contributed by atoms with E-state index in [-0.39, 0.29) is 22.2 Å². The maximum absolute atomic E-state index is 12.6. The molecule has 0 unspecified atom stereocenters. The predicted molar refractivity (Wildman–Crippen MR) is 114 cm³/mol. The Morgan fingerprint density at radius 2 is 1.63 bits per heavy atom. The number of nitrogens with zero attached hydrogens (tertiary/aromatic N) is 1. The molecule has 0 aromatic heterocycles. The van der Waals surface area contributed by atoms with Gasteiger partial charge in [0.25, 0.3) is 21.6 Å². The number of nitro benzene ring substituents is 1. The van der Waals surface area contributed by atoms with Crippen molar-refractivity contribution in [1.82, 2.24) is 0 Å². The summed E-state index contributed by atoms with van der Waals surface area (Å²) in [5.74, 6) is -0.329. The molecule has 0 saturated carbocycles. The average Bonchev–Trinajstić information content (AvgIpc) is 2.68. The van der Waals surface area contributed by atoms with Crippen molar-refractivity contribution in [3.63, 3.8) is 0 Å². The lowest BCUT2D eigenvalue weighted by Crippen LogP contribution is -2.14. The van der Waals surface area contributed by atoms with E-state index in [1.807, 2.05) is 25.1 Å². The smallest absolute Gasteiger partial charge is 0.273 e. The SMILES string of the molecule is Cc1cccc(NC(=O)c2ccc(NS(=O)(=O)c3ccc(C)c([N+](=O)[O-])c3)cc2)c1. The van der Waals surface area contributed by atoms with Crippen molar-refractivity contribution in [1.29, 1.82) is 0 Å². The first-order valence-electron chi connectivity index (χ1n) is 8.92. The summed E-state index contributed by atoms with van der Waals surface area (Å²) in [6.07, 6.45) is 0. The van der Waals surface area contributed by atoms with Gasteiger partial charge in [0.1, 0.15) is 0 Å². The summed E-state index contributed by atoms with van der Waals surface area (Å²) in [6, 6.07) is 16.9. The molecule has 3 aromatic rings. The van der Waals surface area contributed by atoms with Gasteiger partial charge in [-0.3, -0.25) is 19.6 Å². The van der Waals surface area contributed by atoms with Crippen molar-refractivity contribution >= 4 is 33.0 Å². The molecule has 0 radical (unpaired) electrons. The molecule has 2 N–H and O–H groups in total. The zero-order chi connectivity index (χ0) is 21.9. The van der Waals surface area contributed by atoms with Crippen molar-refractivity contribution in [2.75, 3.05) is 10.0 Å². The molecule has 9 heteroatoms. The third-order valence-corrected chi connectivity index (χ3v) is 5.74. The second-order valence-electron chi connectivity index (χ2n) is 6.71. The average molecular weight is 425 g/mol. The first-order valence-corrected chi connectivity index (χ1v) is 10.4. The standard InChI is InChI=1S/C21H19N3O5S/c1-14-4-3-5-18(12-14)22-21(25)16-7-9-17(10-8-16)23-30(28,29)19-11-6-15(2)20(13-19)24(26)27/h3-13,23H,1-2H3,(H,22,25). The van der Waals surface area contributed by atoms with Crippen LogP contribution in [0.5, 0.6) is 0 Å². The number of hydrogen-bond acceptors (Lipinski definition) is 5. The van der Waals surface area contributed by atoms with Crippen LogP contribution in [-0.4, -0.2) is 19.2 Å². The Morgan fingerprint density at radius 1 is 0.933 bits per heavy atom. The number of nitro groups is 1. The van der Waals surface area contributed by atoms with Gasteiger partial charge in [-0.25, -0.2) is 8.42 Å². The summed E-state index contributed by atoms with van der Waals surface area (Å²) >= 11 is 0. The van der Waals surface area contributed by atoms with Crippen LogP contribution in [0.3, 0.4) is 0 Å². The number of carbonyl (C=O) groups is 1. The zero-order valence-electron chi connectivity index (χ0n) is 16.2. The van der Waals surface area contributed by atoms with Gasteiger partial charge >= 0.3 is 0 Å². The lowest BCUT2D eigenvalue weighted by atomic mass is 10.2. The summed E-state index contributed by atoms with van der Waals surface area (Å²) < 4.78 is 27.5. The van der Waals surface area contributed by atoms with Gasteiger partial charge in [-0.2, -0.15) is 0 Å². The molecule has 0 spiro atoms. The minimum atomic E-state index is -4.03. The van der Waals surface area contributed by atoms with Gasteiger partial charge in [-0.15, -0.1) is 0 Å². The molecule has 0 atom stereocenters. The fourth-order valence-electron chi connectivity index (χ4n) is 2.78. The zero-order valence-corrected chi connectivity index (χ0v) is 17.1. The van der Waals surface area contributed by atoms with Crippen LogP contribution in [0.2, 0.25) is 0 Å². The summed E-state index contributed by atoms with van der Waals surface area (Å²) in [5.41, 5.74) is 2.33. The Bertz CT molecular complexity index is 1220. The molecule has 0 aliphatic heterocycles. The van der Waals surface area contributed by atoms with Gasteiger partial charge < -0.3 is 5.32 Å². The van der Waals surface area contributed by atoms with E-state index < -0.39 is 14.9 Å². The lowest BCUT2D eigenvalue weighted by molar-refractivity contribution is -0.385. The largest absolute Gasteiger partial charge is 0.322 e. The molecule has 0 bridgehead atoms. The minimum absolute atomic E-state index is 0.221. The van der Waals surface area contributed by atoms with Crippen LogP contribution in [-0.2, 0) is 10.0 Å². The number of amides is 1. The molecular weight excluding hydrogens is 406 g/mol. The summed E-state index contributed by atoms with van der Waals surface area (Å²) in [4.78, 5) is 22.6. The highest BCUT2D eigenvalue weighted by molar-refractivity contribution is 7.92. The molecule has 30 heavy (non-hydrogen) atoms. The molecule has 0 aliphatic rings. The van der Waals surface area contributed by atoms with E-state index in [2.05, 4.69) is 10.0 Å². The van der Waals surface area contributed by atoms with Crippen LogP contribution in [0.4, 0.5) is 17.1 Å². The van der Waals surface area contributed by atoms with Gasteiger partial charge in [-0.05, 0) is 61.9 Å². The summed E-state index contributed by atoms with van der Waals surface area (Å²) in [7, 11) is -4.03. The number of benzene rings is 3. The predicted octanol–water partition coefficient (Wildman–Crippen LogP) is 4.26. The topological polar surface area (TPSA) is 118 Å². The third-order valence-electron chi connectivity index (χ3n) is 4.36. The van der Waals surface area contributed by atoms with Crippen LogP contribution in [0.25, 0.3) is 0 Å². The van der Waals surface area contributed by atoms with Crippen LogP contribution in [0.15, 0.2) is 71.6 Å². The molecule has 154 valence electrons. The summed E-state index contributed by atoms with van der Waals surface area (Å²) in [6.45, 7) is 3.45. The van der Waals surface area contributed by atoms with Crippen molar-refractivity contribution in [2.24, 2.45) is 0 Å². The normalized spacial score (nSPS) is 11.0. The van der Waals surface area contributed by atoms with Gasteiger partial charge in [0.15, 0.2) is 0 Å². The monoisotopic (exact) mass is 425 g/mol.